The lowest BCUT2D eigenvalue weighted by Gasteiger charge is -2.32. The van der Waals surface area contributed by atoms with Gasteiger partial charge in [0, 0.05) is 26.1 Å². The van der Waals surface area contributed by atoms with Gasteiger partial charge in [-0.15, -0.1) is 11.3 Å². The molecule has 1 N–H and O–H groups in total. The van der Waals surface area contributed by atoms with Crippen molar-refractivity contribution in [3.8, 4) is 0 Å². The van der Waals surface area contributed by atoms with Gasteiger partial charge in [0.2, 0.25) is 5.91 Å². The van der Waals surface area contributed by atoms with Crippen molar-refractivity contribution < 1.29 is 4.79 Å². The number of rotatable bonds is 6. The maximum atomic E-state index is 12.4. The molecule has 0 unspecified atom stereocenters. The van der Waals surface area contributed by atoms with E-state index in [-0.39, 0.29) is 11.5 Å². The third-order valence-corrected chi connectivity index (χ3v) is 5.61. The standard InChI is InChI=1S/C17H24N4O2S/c1-18-7-2-13-3-8-20(9-4-13)15(22)5-10-21-12-19-16-14(17(21)23)6-11-24-16/h6,11-13,18H,2-5,7-10H2,1H3. The fourth-order valence-corrected chi connectivity index (χ4v) is 3.97. The molecule has 7 heteroatoms. The van der Waals surface area contributed by atoms with Gasteiger partial charge in [-0.25, -0.2) is 4.98 Å². The molecular weight excluding hydrogens is 324 g/mol. The SMILES string of the molecule is CNCCC1CCN(C(=O)CCn2cnc3sccc3c2=O)CC1. The summed E-state index contributed by atoms with van der Waals surface area (Å²) in [6.45, 7) is 3.11. The molecular formula is C17H24N4O2S. The van der Waals surface area contributed by atoms with Crippen molar-refractivity contribution >= 4 is 27.5 Å². The predicted octanol–water partition coefficient (Wildman–Crippen LogP) is 1.70. The van der Waals surface area contributed by atoms with Crippen LogP contribution in [0.15, 0.2) is 22.6 Å². The van der Waals surface area contributed by atoms with E-state index in [9.17, 15) is 9.59 Å². The molecule has 0 saturated carbocycles. The molecule has 0 aliphatic carbocycles. The van der Waals surface area contributed by atoms with Crippen LogP contribution in [-0.4, -0.2) is 47.0 Å². The summed E-state index contributed by atoms with van der Waals surface area (Å²) < 4.78 is 1.55. The smallest absolute Gasteiger partial charge is 0.262 e. The molecule has 0 radical (unpaired) electrons. The molecule has 1 aliphatic rings. The van der Waals surface area contributed by atoms with Gasteiger partial charge in [-0.05, 0) is 50.2 Å². The second-order valence-electron chi connectivity index (χ2n) is 6.35. The van der Waals surface area contributed by atoms with E-state index < -0.39 is 0 Å². The number of fused-ring (bicyclic) bond motifs is 1. The summed E-state index contributed by atoms with van der Waals surface area (Å²) in [4.78, 5) is 31.7. The average molecular weight is 348 g/mol. The zero-order valence-electron chi connectivity index (χ0n) is 14.0. The molecule has 6 nitrogen and oxygen atoms in total. The molecule has 0 aromatic carbocycles. The lowest BCUT2D eigenvalue weighted by Crippen LogP contribution is -2.39. The van der Waals surface area contributed by atoms with Gasteiger partial charge >= 0.3 is 0 Å². The quantitative estimate of drug-likeness (QED) is 0.863. The second-order valence-corrected chi connectivity index (χ2v) is 7.24. The summed E-state index contributed by atoms with van der Waals surface area (Å²) in [6, 6.07) is 1.80. The first-order valence-corrected chi connectivity index (χ1v) is 9.42. The number of aryl methyl sites for hydroxylation is 1. The molecule has 0 spiro atoms. The van der Waals surface area contributed by atoms with Crippen LogP contribution in [0.25, 0.3) is 10.2 Å². The maximum Gasteiger partial charge on any atom is 0.262 e. The van der Waals surface area contributed by atoms with Crippen molar-refractivity contribution in [2.45, 2.75) is 32.2 Å². The van der Waals surface area contributed by atoms with Crippen molar-refractivity contribution in [2.24, 2.45) is 5.92 Å². The van der Waals surface area contributed by atoms with Gasteiger partial charge in [-0.2, -0.15) is 0 Å². The first-order valence-electron chi connectivity index (χ1n) is 8.54. The van der Waals surface area contributed by atoms with Crippen molar-refractivity contribution in [3.63, 3.8) is 0 Å². The molecule has 1 saturated heterocycles. The highest BCUT2D eigenvalue weighted by Crippen LogP contribution is 2.20. The van der Waals surface area contributed by atoms with Crippen LogP contribution in [0.5, 0.6) is 0 Å². The number of likely N-dealkylation sites (tertiary alicyclic amines) is 1. The predicted molar refractivity (Wildman–Crippen MR) is 96.3 cm³/mol. The van der Waals surface area contributed by atoms with Crippen molar-refractivity contribution in [3.05, 3.63) is 28.1 Å². The summed E-state index contributed by atoms with van der Waals surface area (Å²) in [5, 5.41) is 5.69. The number of nitrogens with one attached hydrogen (secondary N) is 1. The van der Waals surface area contributed by atoms with E-state index >= 15 is 0 Å². The molecule has 3 heterocycles. The first-order chi connectivity index (χ1) is 11.7. The van der Waals surface area contributed by atoms with Gasteiger partial charge in [0.25, 0.3) is 5.56 Å². The van der Waals surface area contributed by atoms with Crippen molar-refractivity contribution in [1.82, 2.24) is 19.8 Å². The lowest BCUT2D eigenvalue weighted by atomic mass is 9.93. The number of hydrogen-bond acceptors (Lipinski definition) is 5. The first kappa shape index (κ1) is 17.1. The monoisotopic (exact) mass is 348 g/mol. The molecule has 1 amide bonds. The molecule has 130 valence electrons. The van der Waals surface area contributed by atoms with E-state index in [0.29, 0.717) is 24.3 Å². The average Bonchev–Trinajstić information content (AvgIpc) is 3.09. The molecule has 0 bridgehead atoms. The van der Waals surface area contributed by atoms with Gasteiger partial charge in [0.15, 0.2) is 0 Å². The van der Waals surface area contributed by atoms with Gasteiger partial charge < -0.3 is 10.2 Å². The zero-order chi connectivity index (χ0) is 16.9. The molecule has 1 aliphatic heterocycles. The van der Waals surface area contributed by atoms with Crippen LogP contribution in [0.1, 0.15) is 25.7 Å². The van der Waals surface area contributed by atoms with Crippen LogP contribution in [-0.2, 0) is 11.3 Å². The number of carbonyl (C=O) groups is 1. The summed E-state index contributed by atoms with van der Waals surface area (Å²) in [5.41, 5.74) is -0.0557. The highest BCUT2D eigenvalue weighted by molar-refractivity contribution is 7.16. The molecule has 2 aromatic rings. The minimum atomic E-state index is -0.0557. The zero-order valence-corrected chi connectivity index (χ0v) is 14.8. The summed E-state index contributed by atoms with van der Waals surface area (Å²) in [5.74, 6) is 0.855. The van der Waals surface area contributed by atoms with Crippen LogP contribution in [0.2, 0.25) is 0 Å². The Hall–Kier alpha value is -1.73. The minimum Gasteiger partial charge on any atom is -0.343 e. The van der Waals surface area contributed by atoms with Crippen molar-refractivity contribution in [1.29, 1.82) is 0 Å². The van der Waals surface area contributed by atoms with E-state index in [1.807, 2.05) is 17.3 Å². The van der Waals surface area contributed by atoms with E-state index in [2.05, 4.69) is 10.3 Å². The van der Waals surface area contributed by atoms with Gasteiger partial charge in [-0.3, -0.25) is 14.2 Å². The van der Waals surface area contributed by atoms with Crippen LogP contribution in [0.3, 0.4) is 0 Å². The number of nitrogens with zero attached hydrogens (tertiary/aromatic N) is 3. The Morgan fingerprint density at radius 1 is 1.42 bits per heavy atom. The molecule has 24 heavy (non-hydrogen) atoms. The molecule has 3 rings (SSSR count). The summed E-state index contributed by atoms with van der Waals surface area (Å²) in [7, 11) is 1.98. The Balaban J connectivity index is 1.52. The number of hydrogen-bond donors (Lipinski definition) is 1. The largest absolute Gasteiger partial charge is 0.343 e. The minimum absolute atomic E-state index is 0.0557. The Morgan fingerprint density at radius 2 is 2.21 bits per heavy atom. The van der Waals surface area contributed by atoms with E-state index in [1.165, 1.54) is 17.8 Å². The third-order valence-electron chi connectivity index (χ3n) is 4.79. The van der Waals surface area contributed by atoms with Crippen LogP contribution in [0.4, 0.5) is 0 Å². The Bertz CT molecular complexity index is 746. The van der Waals surface area contributed by atoms with Crippen LogP contribution < -0.4 is 10.9 Å². The highest BCUT2D eigenvalue weighted by atomic mass is 32.1. The third kappa shape index (κ3) is 3.84. The Kier molecular flexibility index (Phi) is 5.63. The molecule has 2 aromatic heterocycles. The van der Waals surface area contributed by atoms with Gasteiger partial charge in [0.05, 0.1) is 11.7 Å². The topological polar surface area (TPSA) is 67.2 Å². The fraction of sp³-hybridized carbons (Fsp3) is 0.588. The maximum absolute atomic E-state index is 12.4. The lowest BCUT2D eigenvalue weighted by molar-refractivity contribution is -0.132. The van der Waals surface area contributed by atoms with Gasteiger partial charge in [0.1, 0.15) is 4.83 Å². The number of thiophene rings is 1. The van der Waals surface area contributed by atoms with Crippen LogP contribution >= 0.6 is 11.3 Å². The number of carbonyl (C=O) groups excluding carboxylic acids is 1. The number of piperidine rings is 1. The molecule has 0 atom stereocenters. The summed E-state index contributed by atoms with van der Waals surface area (Å²) in [6.07, 6.45) is 5.25. The number of aromatic nitrogens is 2. The number of amides is 1. The Labute approximate surface area is 145 Å². The Morgan fingerprint density at radius 3 is 2.96 bits per heavy atom. The highest BCUT2D eigenvalue weighted by Gasteiger charge is 2.22. The van der Waals surface area contributed by atoms with Crippen molar-refractivity contribution in [2.75, 3.05) is 26.7 Å². The normalized spacial score (nSPS) is 16.0. The second kappa shape index (κ2) is 7.90. The fourth-order valence-electron chi connectivity index (χ4n) is 3.25. The van der Waals surface area contributed by atoms with Gasteiger partial charge in [-0.1, -0.05) is 0 Å². The summed E-state index contributed by atoms with van der Waals surface area (Å²) >= 11 is 1.46. The van der Waals surface area contributed by atoms with Crippen LogP contribution in [0, 0.1) is 5.92 Å². The van der Waals surface area contributed by atoms with E-state index in [0.717, 1.165) is 37.3 Å². The van der Waals surface area contributed by atoms with E-state index in [4.69, 9.17) is 0 Å². The van der Waals surface area contributed by atoms with E-state index in [1.54, 1.807) is 17.0 Å². The molecule has 1 fully saturated rings.